The van der Waals surface area contributed by atoms with Crippen molar-refractivity contribution in [1.29, 1.82) is 0 Å². The summed E-state index contributed by atoms with van der Waals surface area (Å²) >= 11 is 0. The van der Waals surface area contributed by atoms with Crippen LogP contribution in [0, 0.1) is 0 Å². The maximum Gasteiger partial charge on any atom is 0.353 e. The van der Waals surface area contributed by atoms with Crippen molar-refractivity contribution in [1.82, 2.24) is 4.57 Å². The number of carboxylic acid groups (broad SMARTS) is 2. The normalized spacial score (nSPS) is 10.5. The van der Waals surface area contributed by atoms with Crippen molar-refractivity contribution in [2.75, 3.05) is 0 Å². The van der Waals surface area contributed by atoms with Crippen molar-refractivity contribution >= 4 is 11.9 Å². The van der Waals surface area contributed by atoms with E-state index in [-0.39, 0.29) is 11.3 Å². The number of aromatic carboxylic acids is 2. The molecular formula is C12H17NO4. The molecule has 0 spiro atoms. The van der Waals surface area contributed by atoms with Gasteiger partial charge in [-0.2, -0.15) is 0 Å². The van der Waals surface area contributed by atoms with E-state index in [0.717, 1.165) is 12.8 Å². The number of nitrogens with zero attached hydrogens (tertiary/aromatic N) is 1. The fourth-order valence-corrected chi connectivity index (χ4v) is 1.96. The largest absolute Gasteiger partial charge is 0.478 e. The quantitative estimate of drug-likeness (QED) is 0.797. The number of hydrogen-bond donors (Lipinski definition) is 2. The molecule has 0 atom stereocenters. The number of carbonyl (C=O) groups is 2. The lowest BCUT2D eigenvalue weighted by atomic mass is 10.1. The van der Waals surface area contributed by atoms with Crippen molar-refractivity contribution in [2.45, 2.75) is 39.7 Å². The first-order chi connectivity index (χ1) is 8.02. The van der Waals surface area contributed by atoms with Crippen LogP contribution >= 0.6 is 0 Å². The Labute approximate surface area is 99.7 Å². The van der Waals surface area contributed by atoms with Crippen LogP contribution in [0.2, 0.25) is 0 Å². The number of carboxylic acids is 2. The third kappa shape index (κ3) is 2.67. The molecule has 94 valence electrons. The van der Waals surface area contributed by atoms with E-state index in [0.29, 0.717) is 18.5 Å². The Balaban J connectivity index is 3.37. The summed E-state index contributed by atoms with van der Waals surface area (Å²) in [7, 11) is 0. The van der Waals surface area contributed by atoms with Crippen LogP contribution < -0.4 is 0 Å². The van der Waals surface area contributed by atoms with E-state index in [9.17, 15) is 9.59 Å². The second kappa shape index (κ2) is 5.52. The van der Waals surface area contributed by atoms with Gasteiger partial charge in [0.05, 0.1) is 5.56 Å². The average Bonchev–Trinajstić information content (AvgIpc) is 2.58. The molecular weight excluding hydrogens is 222 g/mol. The van der Waals surface area contributed by atoms with Crippen molar-refractivity contribution < 1.29 is 19.8 Å². The molecule has 1 aromatic rings. The molecule has 0 radical (unpaired) electrons. The molecule has 0 aromatic carbocycles. The monoisotopic (exact) mass is 239 g/mol. The van der Waals surface area contributed by atoms with E-state index in [2.05, 4.69) is 0 Å². The first kappa shape index (κ1) is 13.3. The Morgan fingerprint density at radius 1 is 1.18 bits per heavy atom. The van der Waals surface area contributed by atoms with Gasteiger partial charge in [-0.25, -0.2) is 9.59 Å². The highest BCUT2D eigenvalue weighted by atomic mass is 16.4. The zero-order valence-electron chi connectivity index (χ0n) is 10.1. The summed E-state index contributed by atoms with van der Waals surface area (Å²) in [6, 6.07) is 0. The number of aromatic nitrogens is 1. The molecule has 0 aliphatic rings. The topological polar surface area (TPSA) is 79.5 Å². The van der Waals surface area contributed by atoms with Gasteiger partial charge in [0.25, 0.3) is 0 Å². The van der Waals surface area contributed by atoms with Gasteiger partial charge in [-0.3, -0.25) is 0 Å². The van der Waals surface area contributed by atoms with Crippen LogP contribution in [0.25, 0.3) is 0 Å². The Bertz CT molecular complexity index is 395. The average molecular weight is 239 g/mol. The molecule has 0 amide bonds. The van der Waals surface area contributed by atoms with Gasteiger partial charge < -0.3 is 14.8 Å². The standard InChI is InChI=1S/C12H17NO4/c1-3-5-8-7-13(6-4-2)10(12(16)17)9(8)11(14)15/h7H,3-6H2,1-2H3,(H,14,15)(H,16,17). The molecule has 1 aromatic heterocycles. The van der Waals surface area contributed by atoms with Crippen LogP contribution in [0.5, 0.6) is 0 Å². The van der Waals surface area contributed by atoms with Gasteiger partial charge >= 0.3 is 11.9 Å². The highest BCUT2D eigenvalue weighted by Gasteiger charge is 2.25. The van der Waals surface area contributed by atoms with E-state index < -0.39 is 11.9 Å². The first-order valence-electron chi connectivity index (χ1n) is 5.71. The molecule has 17 heavy (non-hydrogen) atoms. The van der Waals surface area contributed by atoms with Gasteiger partial charge in [-0.15, -0.1) is 0 Å². The van der Waals surface area contributed by atoms with Gasteiger partial charge in [-0.1, -0.05) is 20.3 Å². The Hall–Kier alpha value is -1.78. The minimum Gasteiger partial charge on any atom is -0.478 e. The third-order valence-electron chi connectivity index (χ3n) is 2.56. The molecule has 0 bridgehead atoms. The molecule has 0 unspecified atom stereocenters. The highest BCUT2D eigenvalue weighted by molar-refractivity contribution is 6.02. The van der Waals surface area contributed by atoms with Gasteiger partial charge in [0.2, 0.25) is 0 Å². The van der Waals surface area contributed by atoms with E-state index in [1.165, 1.54) is 4.57 Å². The SMILES string of the molecule is CCCc1cn(CCC)c(C(=O)O)c1C(=O)O. The predicted molar refractivity (Wildman–Crippen MR) is 62.6 cm³/mol. The maximum absolute atomic E-state index is 11.2. The lowest BCUT2D eigenvalue weighted by molar-refractivity contribution is 0.0643. The summed E-state index contributed by atoms with van der Waals surface area (Å²) in [6.07, 6.45) is 3.79. The maximum atomic E-state index is 11.2. The molecule has 5 nitrogen and oxygen atoms in total. The van der Waals surface area contributed by atoms with Crippen LogP contribution in [0.4, 0.5) is 0 Å². The molecule has 0 saturated carbocycles. The molecule has 1 rings (SSSR count). The van der Waals surface area contributed by atoms with Crippen molar-refractivity contribution in [2.24, 2.45) is 0 Å². The fourth-order valence-electron chi connectivity index (χ4n) is 1.96. The smallest absolute Gasteiger partial charge is 0.353 e. The van der Waals surface area contributed by atoms with Gasteiger partial charge in [0.15, 0.2) is 0 Å². The second-order valence-corrected chi connectivity index (χ2v) is 3.93. The number of aryl methyl sites for hydroxylation is 2. The summed E-state index contributed by atoms with van der Waals surface area (Å²) in [6.45, 7) is 4.38. The van der Waals surface area contributed by atoms with Gasteiger partial charge in [0.1, 0.15) is 5.69 Å². The van der Waals surface area contributed by atoms with E-state index in [4.69, 9.17) is 10.2 Å². The Morgan fingerprint density at radius 2 is 1.82 bits per heavy atom. The van der Waals surface area contributed by atoms with Crippen LogP contribution in [-0.2, 0) is 13.0 Å². The minimum absolute atomic E-state index is 0.0622. The third-order valence-corrected chi connectivity index (χ3v) is 2.56. The molecule has 1 heterocycles. The van der Waals surface area contributed by atoms with E-state index in [1.54, 1.807) is 6.20 Å². The summed E-state index contributed by atoms with van der Waals surface area (Å²) in [5, 5.41) is 18.2. The fraction of sp³-hybridized carbons (Fsp3) is 0.500. The molecule has 0 saturated heterocycles. The Morgan fingerprint density at radius 3 is 2.24 bits per heavy atom. The van der Waals surface area contributed by atoms with Crippen LogP contribution in [0.1, 0.15) is 53.1 Å². The second-order valence-electron chi connectivity index (χ2n) is 3.93. The number of rotatable bonds is 6. The van der Waals surface area contributed by atoms with Crippen LogP contribution in [0.3, 0.4) is 0 Å². The highest BCUT2D eigenvalue weighted by Crippen LogP contribution is 2.20. The van der Waals surface area contributed by atoms with Crippen molar-refractivity contribution in [3.8, 4) is 0 Å². The summed E-state index contributed by atoms with van der Waals surface area (Å²) in [5.41, 5.74) is 0.432. The number of hydrogen-bond acceptors (Lipinski definition) is 2. The molecule has 5 heteroatoms. The summed E-state index contributed by atoms with van der Waals surface area (Å²) in [5.74, 6) is -2.35. The molecule has 0 aliphatic carbocycles. The van der Waals surface area contributed by atoms with Crippen LogP contribution in [-0.4, -0.2) is 26.7 Å². The zero-order valence-corrected chi connectivity index (χ0v) is 10.1. The molecule has 0 aliphatic heterocycles. The van der Waals surface area contributed by atoms with Crippen molar-refractivity contribution in [3.05, 3.63) is 23.0 Å². The summed E-state index contributed by atoms with van der Waals surface area (Å²) in [4.78, 5) is 22.3. The van der Waals surface area contributed by atoms with Gasteiger partial charge in [0, 0.05) is 12.7 Å². The zero-order chi connectivity index (χ0) is 13.0. The van der Waals surface area contributed by atoms with E-state index in [1.807, 2.05) is 13.8 Å². The minimum atomic E-state index is -1.18. The van der Waals surface area contributed by atoms with Gasteiger partial charge in [-0.05, 0) is 18.4 Å². The van der Waals surface area contributed by atoms with Crippen LogP contribution in [0.15, 0.2) is 6.20 Å². The molecule has 0 fully saturated rings. The lowest BCUT2D eigenvalue weighted by Crippen LogP contribution is -2.13. The predicted octanol–water partition coefficient (Wildman–Crippen LogP) is 2.25. The van der Waals surface area contributed by atoms with Crippen molar-refractivity contribution in [3.63, 3.8) is 0 Å². The lowest BCUT2D eigenvalue weighted by Gasteiger charge is -2.04. The summed E-state index contributed by atoms with van der Waals surface area (Å²) < 4.78 is 1.52. The van der Waals surface area contributed by atoms with E-state index >= 15 is 0 Å². The Kier molecular flexibility index (Phi) is 4.31. The first-order valence-corrected chi connectivity index (χ1v) is 5.71. The molecule has 2 N–H and O–H groups in total.